The number of unbranched alkanes of at least 4 members (excludes halogenated alkanes) is 14. The Balaban J connectivity index is 1.85. The van der Waals surface area contributed by atoms with Crippen LogP contribution in [0, 0.1) is 0 Å². The van der Waals surface area contributed by atoms with Gasteiger partial charge in [-0.05, 0) is 64.2 Å². The smallest absolute Gasteiger partial charge is 0.306 e. The van der Waals surface area contributed by atoms with Crippen LogP contribution in [0.2, 0.25) is 0 Å². The summed E-state index contributed by atoms with van der Waals surface area (Å²) in [6.45, 7) is 2.46. The number of aliphatic hydroxyl groups excluding tert-OH is 7. The molecule has 2 aliphatic heterocycles. The molecule has 2 saturated heterocycles. The molecule has 0 aliphatic carbocycles. The van der Waals surface area contributed by atoms with Crippen LogP contribution in [0.4, 0.5) is 0 Å². The number of hydrogen-bond acceptors (Lipinski definition) is 15. The molecule has 0 bridgehead atoms. The van der Waals surface area contributed by atoms with E-state index in [1.165, 1.54) is 25.7 Å². The minimum absolute atomic E-state index is 0.144. The summed E-state index contributed by atoms with van der Waals surface area (Å²) in [5.74, 6) is -0.962. The minimum atomic E-state index is -1.77. The molecule has 2 heterocycles. The summed E-state index contributed by atoms with van der Waals surface area (Å²) in [6.07, 6.45) is 21.4. The number of carbonyl (C=O) groups excluding carboxylic acids is 2. The summed E-state index contributed by atoms with van der Waals surface area (Å²) in [7, 11) is 0. The highest BCUT2D eigenvalue weighted by molar-refractivity contribution is 5.70. The number of esters is 2. The van der Waals surface area contributed by atoms with Crippen molar-refractivity contribution in [3.8, 4) is 0 Å². The van der Waals surface area contributed by atoms with Crippen molar-refractivity contribution in [1.29, 1.82) is 0 Å². The quantitative estimate of drug-likeness (QED) is 0.0220. The van der Waals surface area contributed by atoms with E-state index < -0.39 is 99.3 Å². The van der Waals surface area contributed by atoms with Gasteiger partial charge in [-0.3, -0.25) is 9.59 Å². The summed E-state index contributed by atoms with van der Waals surface area (Å²) < 4.78 is 33.5. The third kappa shape index (κ3) is 24.8. The Morgan fingerprint density at radius 1 is 0.500 bits per heavy atom. The Labute approximate surface area is 382 Å². The zero-order chi connectivity index (χ0) is 46.8. The van der Waals surface area contributed by atoms with Gasteiger partial charge in [-0.15, -0.1) is 0 Å². The van der Waals surface area contributed by atoms with Crippen molar-refractivity contribution in [2.24, 2.45) is 0 Å². The van der Waals surface area contributed by atoms with Gasteiger partial charge in [0.25, 0.3) is 0 Å². The molecule has 7 N–H and O–H groups in total. The lowest BCUT2D eigenvalue weighted by atomic mass is 9.98. The van der Waals surface area contributed by atoms with Crippen LogP contribution in [0.1, 0.15) is 155 Å². The van der Waals surface area contributed by atoms with E-state index in [1.807, 2.05) is 0 Å². The highest BCUT2D eigenvalue weighted by Gasteiger charge is 2.47. The number of rotatable bonds is 36. The Bertz CT molecular complexity index is 1300. The van der Waals surface area contributed by atoms with E-state index in [2.05, 4.69) is 62.5 Å². The molecule has 11 unspecified atom stereocenters. The fourth-order valence-electron chi connectivity index (χ4n) is 7.19. The average Bonchev–Trinajstić information content (AvgIpc) is 3.29. The van der Waals surface area contributed by atoms with Crippen molar-refractivity contribution in [2.45, 2.75) is 223 Å². The van der Waals surface area contributed by atoms with Crippen LogP contribution in [0.3, 0.4) is 0 Å². The third-order valence-electron chi connectivity index (χ3n) is 11.3. The van der Waals surface area contributed by atoms with Gasteiger partial charge in [-0.2, -0.15) is 0 Å². The molecule has 0 aromatic carbocycles. The second kappa shape index (κ2) is 36.6. The van der Waals surface area contributed by atoms with E-state index >= 15 is 0 Å². The zero-order valence-electron chi connectivity index (χ0n) is 38.8. The van der Waals surface area contributed by atoms with E-state index in [4.69, 9.17) is 28.4 Å². The minimum Gasteiger partial charge on any atom is -0.462 e. The molecule has 370 valence electrons. The van der Waals surface area contributed by atoms with Crippen LogP contribution in [0.25, 0.3) is 0 Å². The first-order chi connectivity index (χ1) is 31.0. The molecule has 0 amide bonds. The lowest BCUT2D eigenvalue weighted by Crippen LogP contribution is -2.61. The molecule has 15 nitrogen and oxygen atoms in total. The molecule has 2 fully saturated rings. The fraction of sp³-hybridized carbons (Fsp3) is 0.796. The lowest BCUT2D eigenvalue weighted by molar-refractivity contribution is -0.332. The Morgan fingerprint density at radius 2 is 0.938 bits per heavy atom. The summed E-state index contributed by atoms with van der Waals surface area (Å²) in [4.78, 5) is 25.7. The predicted octanol–water partition coefficient (Wildman–Crippen LogP) is 5.93. The van der Waals surface area contributed by atoms with Crippen molar-refractivity contribution in [3.63, 3.8) is 0 Å². The van der Waals surface area contributed by atoms with Gasteiger partial charge in [0.2, 0.25) is 0 Å². The van der Waals surface area contributed by atoms with Gasteiger partial charge < -0.3 is 64.2 Å². The highest BCUT2D eigenvalue weighted by atomic mass is 16.7. The van der Waals surface area contributed by atoms with Crippen LogP contribution in [0.5, 0.6) is 0 Å². The van der Waals surface area contributed by atoms with E-state index in [0.29, 0.717) is 12.8 Å². The number of allylic oxidation sites excluding steroid dienone is 8. The topological polar surface area (TPSA) is 231 Å². The summed E-state index contributed by atoms with van der Waals surface area (Å²) in [6, 6.07) is 0. The molecule has 0 aromatic rings. The van der Waals surface area contributed by atoms with Crippen LogP contribution in [-0.2, 0) is 38.0 Å². The first kappa shape index (κ1) is 57.6. The van der Waals surface area contributed by atoms with E-state index in [9.17, 15) is 45.3 Å². The van der Waals surface area contributed by atoms with Crippen molar-refractivity contribution in [3.05, 3.63) is 48.6 Å². The Kier molecular flexibility index (Phi) is 32.9. The first-order valence-electron chi connectivity index (χ1n) is 24.2. The number of ether oxygens (including phenoxy) is 6. The molecule has 11 atom stereocenters. The van der Waals surface area contributed by atoms with Crippen molar-refractivity contribution in [2.75, 3.05) is 26.4 Å². The van der Waals surface area contributed by atoms with Crippen LogP contribution in [-0.4, -0.2) is 142 Å². The maximum atomic E-state index is 13.0. The van der Waals surface area contributed by atoms with E-state index in [-0.39, 0.29) is 19.4 Å². The van der Waals surface area contributed by atoms with Gasteiger partial charge in [0, 0.05) is 12.8 Å². The molecular formula is C49H84O15. The van der Waals surface area contributed by atoms with E-state index in [1.54, 1.807) is 0 Å². The first-order valence-corrected chi connectivity index (χ1v) is 24.2. The van der Waals surface area contributed by atoms with Crippen LogP contribution < -0.4 is 0 Å². The number of carbonyl (C=O) groups is 2. The molecule has 15 heteroatoms. The molecule has 2 aliphatic rings. The van der Waals surface area contributed by atoms with E-state index in [0.717, 1.165) is 89.9 Å². The second-order valence-corrected chi connectivity index (χ2v) is 16.9. The van der Waals surface area contributed by atoms with Crippen molar-refractivity contribution in [1.82, 2.24) is 0 Å². The zero-order valence-corrected chi connectivity index (χ0v) is 38.8. The summed E-state index contributed by atoms with van der Waals surface area (Å²) >= 11 is 0. The molecular weight excluding hydrogens is 829 g/mol. The van der Waals surface area contributed by atoms with Gasteiger partial charge in [-0.1, -0.05) is 127 Å². The SMILES string of the molecule is CCCC/C=C\C/C=C\CCCCCCCC(=O)OCC(COC1OC(COC2OC(CO)C(O)C(O)C2O)C(O)C(O)C1O)OC(=O)CCCCCCC/C=C\C/C=C\CCCC. The molecule has 0 aromatic heterocycles. The third-order valence-corrected chi connectivity index (χ3v) is 11.3. The summed E-state index contributed by atoms with van der Waals surface area (Å²) in [5.41, 5.74) is 0. The van der Waals surface area contributed by atoms with Crippen molar-refractivity contribution >= 4 is 11.9 Å². The number of hydrogen-bond donors (Lipinski definition) is 7. The van der Waals surface area contributed by atoms with Gasteiger partial charge in [0.1, 0.15) is 55.4 Å². The molecule has 2 rings (SSSR count). The van der Waals surface area contributed by atoms with Crippen LogP contribution in [0.15, 0.2) is 48.6 Å². The lowest BCUT2D eigenvalue weighted by Gasteiger charge is -2.42. The highest BCUT2D eigenvalue weighted by Crippen LogP contribution is 2.26. The predicted molar refractivity (Wildman–Crippen MR) is 243 cm³/mol. The number of aliphatic hydroxyl groups is 7. The maximum absolute atomic E-state index is 13.0. The maximum Gasteiger partial charge on any atom is 0.306 e. The standard InChI is InChI=1S/C49H84O15/c1-3-5-7-9-11-13-15-17-19-21-23-25-27-29-31-40(51)59-34-37(62-41(52)32-30-28-26-24-22-20-18-16-14-12-10-8-6-4-2)35-60-48-47(58)45(56)43(54)39(64-48)36-61-49-46(57)44(55)42(53)38(33-50)63-49/h9-12,15-18,37-39,42-50,53-58H,3-8,13-14,19-36H2,1-2H3/b11-9-,12-10-,17-15-,18-16-. The average molecular weight is 913 g/mol. The van der Waals surface area contributed by atoms with Gasteiger partial charge in [0.15, 0.2) is 18.7 Å². The molecule has 0 saturated carbocycles. The monoisotopic (exact) mass is 913 g/mol. The molecule has 0 radical (unpaired) electrons. The second-order valence-electron chi connectivity index (χ2n) is 16.9. The van der Waals surface area contributed by atoms with Gasteiger partial charge in [-0.25, -0.2) is 0 Å². The largest absolute Gasteiger partial charge is 0.462 e. The van der Waals surface area contributed by atoms with Crippen molar-refractivity contribution < 1.29 is 73.8 Å². The normalized spacial score (nSPS) is 27.0. The van der Waals surface area contributed by atoms with Crippen LogP contribution >= 0.6 is 0 Å². The van der Waals surface area contributed by atoms with Gasteiger partial charge in [0.05, 0.1) is 19.8 Å². The molecule has 0 spiro atoms. The fourth-order valence-corrected chi connectivity index (χ4v) is 7.19. The Hall–Kier alpha value is -2.54. The Morgan fingerprint density at radius 3 is 1.45 bits per heavy atom. The van der Waals surface area contributed by atoms with Gasteiger partial charge >= 0.3 is 11.9 Å². The summed E-state index contributed by atoms with van der Waals surface area (Å²) in [5, 5.41) is 71.9. The molecule has 64 heavy (non-hydrogen) atoms.